The number of carbonyl (C=O) groups is 1. The monoisotopic (exact) mass is 342 g/mol. The van der Waals surface area contributed by atoms with Crippen molar-refractivity contribution in [2.45, 2.75) is 0 Å². The molecule has 0 radical (unpaired) electrons. The SMILES string of the molecule is O=C(/C=C/c1cccc2ccccc12)Oc1ccc(Cl)cc1Cl. The van der Waals surface area contributed by atoms with Crippen LogP contribution < -0.4 is 4.74 Å². The Kier molecular flexibility index (Phi) is 4.65. The van der Waals surface area contributed by atoms with Crippen molar-refractivity contribution in [1.82, 2.24) is 0 Å². The number of hydrogen-bond donors (Lipinski definition) is 0. The van der Waals surface area contributed by atoms with E-state index in [2.05, 4.69) is 0 Å². The molecule has 0 heterocycles. The highest BCUT2D eigenvalue weighted by Crippen LogP contribution is 2.27. The minimum Gasteiger partial charge on any atom is -0.422 e. The summed E-state index contributed by atoms with van der Waals surface area (Å²) in [5.74, 6) is -0.217. The first-order valence-electron chi connectivity index (χ1n) is 6.96. The van der Waals surface area contributed by atoms with E-state index in [0.29, 0.717) is 10.0 Å². The fourth-order valence-corrected chi connectivity index (χ4v) is 2.70. The molecule has 2 nitrogen and oxygen atoms in total. The van der Waals surface area contributed by atoms with Crippen LogP contribution in [0.2, 0.25) is 10.0 Å². The second-order valence-electron chi connectivity index (χ2n) is 4.90. The summed E-state index contributed by atoms with van der Waals surface area (Å²) >= 11 is 11.8. The molecule has 0 amide bonds. The lowest BCUT2D eigenvalue weighted by molar-refractivity contribution is -0.128. The van der Waals surface area contributed by atoms with Gasteiger partial charge in [0, 0.05) is 11.1 Å². The second kappa shape index (κ2) is 6.86. The first-order valence-corrected chi connectivity index (χ1v) is 7.72. The van der Waals surface area contributed by atoms with Crippen molar-refractivity contribution >= 4 is 46.0 Å². The van der Waals surface area contributed by atoms with Crippen LogP contribution in [0.5, 0.6) is 5.75 Å². The zero-order chi connectivity index (χ0) is 16.2. The van der Waals surface area contributed by atoms with Crippen molar-refractivity contribution in [3.05, 3.63) is 82.3 Å². The van der Waals surface area contributed by atoms with E-state index in [1.165, 1.54) is 12.1 Å². The van der Waals surface area contributed by atoms with Gasteiger partial charge in [0.05, 0.1) is 5.02 Å². The Balaban J connectivity index is 1.80. The smallest absolute Gasteiger partial charge is 0.336 e. The van der Waals surface area contributed by atoms with E-state index in [9.17, 15) is 4.79 Å². The van der Waals surface area contributed by atoms with Crippen LogP contribution in [0.25, 0.3) is 16.8 Å². The molecule has 0 aromatic heterocycles. The van der Waals surface area contributed by atoms with E-state index in [1.54, 1.807) is 18.2 Å². The number of benzene rings is 3. The summed E-state index contributed by atoms with van der Waals surface area (Å²) in [6.45, 7) is 0. The molecule has 3 rings (SSSR count). The summed E-state index contributed by atoms with van der Waals surface area (Å²) in [4.78, 5) is 12.0. The molecular weight excluding hydrogens is 331 g/mol. The maximum atomic E-state index is 12.0. The van der Waals surface area contributed by atoms with Gasteiger partial charge in [0.1, 0.15) is 5.75 Å². The molecule has 23 heavy (non-hydrogen) atoms. The van der Waals surface area contributed by atoms with Crippen LogP contribution in [0.15, 0.2) is 66.7 Å². The highest BCUT2D eigenvalue weighted by Gasteiger charge is 2.06. The van der Waals surface area contributed by atoms with Crippen LogP contribution >= 0.6 is 23.2 Å². The molecular formula is C19H12Cl2O2. The third-order valence-electron chi connectivity index (χ3n) is 3.33. The van der Waals surface area contributed by atoms with E-state index in [1.807, 2.05) is 42.5 Å². The minimum absolute atomic E-state index is 0.281. The van der Waals surface area contributed by atoms with Gasteiger partial charge in [-0.1, -0.05) is 65.7 Å². The molecule has 0 atom stereocenters. The lowest BCUT2D eigenvalue weighted by Gasteiger charge is -2.04. The van der Waals surface area contributed by atoms with Gasteiger partial charge in [-0.25, -0.2) is 4.79 Å². The largest absolute Gasteiger partial charge is 0.422 e. The van der Waals surface area contributed by atoms with Gasteiger partial charge in [-0.15, -0.1) is 0 Å². The second-order valence-corrected chi connectivity index (χ2v) is 5.74. The Labute approximate surface area is 143 Å². The number of rotatable bonds is 3. The highest BCUT2D eigenvalue weighted by molar-refractivity contribution is 6.35. The first-order chi connectivity index (χ1) is 11.1. The molecule has 0 saturated carbocycles. The number of fused-ring (bicyclic) bond motifs is 1. The molecule has 0 aliphatic rings. The predicted molar refractivity (Wildman–Crippen MR) is 95.1 cm³/mol. The fourth-order valence-electron chi connectivity index (χ4n) is 2.25. The summed E-state index contributed by atoms with van der Waals surface area (Å²) < 4.78 is 5.22. The lowest BCUT2D eigenvalue weighted by Crippen LogP contribution is -2.04. The third-order valence-corrected chi connectivity index (χ3v) is 3.86. The van der Waals surface area contributed by atoms with Crippen LogP contribution in [0, 0.1) is 0 Å². The Bertz CT molecular complexity index is 896. The van der Waals surface area contributed by atoms with E-state index in [-0.39, 0.29) is 5.75 Å². The predicted octanol–water partition coefficient (Wildman–Crippen LogP) is 5.77. The molecule has 0 spiro atoms. The average molecular weight is 343 g/mol. The van der Waals surface area contributed by atoms with Gasteiger partial charge in [0.25, 0.3) is 0 Å². The van der Waals surface area contributed by atoms with Crippen molar-refractivity contribution < 1.29 is 9.53 Å². The van der Waals surface area contributed by atoms with Crippen LogP contribution in [0.1, 0.15) is 5.56 Å². The molecule has 0 aliphatic heterocycles. The standard InChI is InChI=1S/C19H12Cl2O2/c20-15-9-10-18(17(21)12-15)23-19(22)11-8-14-6-3-5-13-4-1-2-7-16(13)14/h1-12H/b11-8+. The molecule has 0 bridgehead atoms. The topological polar surface area (TPSA) is 26.3 Å². The summed E-state index contributed by atoms with van der Waals surface area (Å²) in [5.41, 5.74) is 0.947. The van der Waals surface area contributed by atoms with Gasteiger partial charge < -0.3 is 4.74 Å². The average Bonchev–Trinajstić information content (AvgIpc) is 2.55. The Morgan fingerprint density at radius 1 is 0.957 bits per heavy atom. The normalized spacial score (nSPS) is 11.0. The molecule has 0 aliphatic carbocycles. The van der Waals surface area contributed by atoms with Crippen molar-refractivity contribution in [3.8, 4) is 5.75 Å². The van der Waals surface area contributed by atoms with Gasteiger partial charge in [0.2, 0.25) is 0 Å². The number of esters is 1. The van der Waals surface area contributed by atoms with Crippen molar-refractivity contribution in [2.75, 3.05) is 0 Å². The highest BCUT2D eigenvalue weighted by atomic mass is 35.5. The molecule has 3 aromatic carbocycles. The van der Waals surface area contributed by atoms with Gasteiger partial charge in [-0.2, -0.15) is 0 Å². The van der Waals surface area contributed by atoms with E-state index in [0.717, 1.165) is 16.3 Å². The quantitative estimate of drug-likeness (QED) is 0.343. The van der Waals surface area contributed by atoms with Crippen LogP contribution in [-0.2, 0) is 4.79 Å². The molecule has 0 saturated heterocycles. The first kappa shape index (κ1) is 15.6. The maximum absolute atomic E-state index is 12.0. The van der Waals surface area contributed by atoms with Crippen molar-refractivity contribution in [1.29, 1.82) is 0 Å². The van der Waals surface area contributed by atoms with Crippen molar-refractivity contribution in [2.24, 2.45) is 0 Å². The van der Waals surface area contributed by atoms with Gasteiger partial charge in [-0.3, -0.25) is 0 Å². The zero-order valence-corrected chi connectivity index (χ0v) is 13.5. The van der Waals surface area contributed by atoms with Gasteiger partial charge in [0.15, 0.2) is 0 Å². The summed E-state index contributed by atoms with van der Waals surface area (Å²) in [5, 5.41) is 2.97. The molecule has 4 heteroatoms. The Morgan fingerprint density at radius 3 is 2.57 bits per heavy atom. The molecule has 114 valence electrons. The van der Waals surface area contributed by atoms with Gasteiger partial charge in [-0.05, 0) is 40.6 Å². The summed E-state index contributed by atoms with van der Waals surface area (Å²) in [7, 11) is 0. The van der Waals surface area contributed by atoms with E-state index < -0.39 is 5.97 Å². The number of hydrogen-bond acceptors (Lipinski definition) is 2. The van der Waals surface area contributed by atoms with Crippen LogP contribution in [0.3, 0.4) is 0 Å². The van der Waals surface area contributed by atoms with Crippen molar-refractivity contribution in [3.63, 3.8) is 0 Å². The number of carbonyl (C=O) groups excluding carboxylic acids is 1. The zero-order valence-electron chi connectivity index (χ0n) is 12.0. The number of ether oxygens (including phenoxy) is 1. The van der Waals surface area contributed by atoms with E-state index >= 15 is 0 Å². The van der Waals surface area contributed by atoms with Crippen LogP contribution in [-0.4, -0.2) is 5.97 Å². The molecule has 0 fully saturated rings. The molecule has 0 N–H and O–H groups in total. The number of halogens is 2. The van der Waals surface area contributed by atoms with E-state index in [4.69, 9.17) is 27.9 Å². The van der Waals surface area contributed by atoms with Crippen LogP contribution in [0.4, 0.5) is 0 Å². The summed E-state index contributed by atoms with van der Waals surface area (Å²) in [6.07, 6.45) is 3.11. The van der Waals surface area contributed by atoms with Gasteiger partial charge >= 0.3 is 5.97 Å². The molecule has 0 unspecified atom stereocenters. The lowest BCUT2D eigenvalue weighted by atomic mass is 10.0. The Hall–Kier alpha value is -2.29. The third kappa shape index (κ3) is 3.73. The molecule has 3 aromatic rings. The Morgan fingerprint density at radius 2 is 1.74 bits per heavy atom. The summed E-state index contributed by atoms with van der Waals surface area (Å²) in [6, 6.07) is 18.6. The maximum Gasteiger partial charge on any atom is 0.336 e. The fraction of sp³-hybridized carbons (Fsp3) is 0. The minimum atomic E-state index is -0.498.